The van der Waals surface area contributed by atoms with Crippen LogP contribution < -0.4 is 16.0 Å². The molecule has 3 rings (SSSR count). The van der Waals surface area contributed by atoms with Crippen LogP contribution in [0, 0.1) is 19.8 Å². The van der Waals surface area contributed by atoms with Crippen molar-refractivity contribution < 1.29 is 4.79 Å². The Morgan fingerprint density at radius 1 is 1.34 bits per heavy atom. The minimum Gasteiger partial charge on any atom is -0.356 e. The fourth-order valence-electron chi connectivity index (χ4n) is 3.61. The van der Waals surface area contributed by atoms with E-state index in [2.05, 4.69) is 56.7 Å². The number of aliphatic imine (C=N–C) groups is 1. The summed E-state index contributed by atoms with van der Waals surface area (Å²) < 4.78 is 2.05. The maximum atomic E-state index is 12.0. The number of carbonyl (C=O) groups excluding carboxylic acids is 1. The van der Waals surface area contributed by atoms with Crippen LogP contribution in [-0.2, 0) is 11.3 Å². The standard InChI is InChI=1S/C21H30N6O.HI/c1-14(13-27-16(3)9-15(2)26-27)11-23-21(22-4)24-12-17-10-20(28)25-19-8-6-5-7-18(17)19;/h5-9,14,17H,10-13H2,1-4H3,(H,25,28)(H2,22,23,24);1H. The summed E-state index contributed by atoms with van der Waals surface area (Å²) in [6.07, 6.45) is 0.481. The Bertz CT molecular complexity index is 863. The first-order valence-corrected chi connectivity index (χ1v) is 9.80. The maximum absolute atomic E-state index is 12.0. The number of halogens is 1. The van der Waals surface area contributed by atoms with Crippen molar-refractivity contribution in [1.29, 1.82) is 0 Å². The highest BCUT2D eigenvalue weighted by Gasteiger charge is 2.24. The largest absolute Gasteiger partial charge is 0.356 e. The normalized spacial score (nSPS) is 17.0. The number of aromatic nitrogens is 2. The molecule has 2 atom stereocenters. The van der Waals surface area contributed by atoms with E-state index in [0.29, 0.717) is 18.9 Å². The third-order valence-corrected chi connectivity index (χ3v) is 5.05. The van der Waals surface area contributed by atoms with Gasteiger partial charge in [-0.2, -0.15) is 5.10 Å². The van der Waals surface area contributed by atoms with Gasteiger partial charge in [-0.25, -0.2) is 0 Å². The highest BCUT2D eigenvalue weighted by molar-refractivity contribution is 14.0. The van der Waals surface area contributed by atoms with Gasteiger partial charge in [-0.1, -0.05) is 25.1 Å². The minimum absolute atomic E-state index is 0. The smallest absolute Gasteiger partial charge is 0.225 e. The zero-order chi connectivity index (χ0) is 20.1. The van der Waals surface area contributed by atoms with E-state index in [0.717, 1.165) is 30.4 Å². The van der Waals surface area contributed by atoms with Crippen molar-refractivity contribution in [1.82, 2.24) is 20.4 Å². The zero-order valence-electron chi connectivity index (χ0n) is 17.5. The molecule has 0 saturated heterocycles. The molecule has 1 aliphatic rings. The second-order valence-electron chi connectivity index (χ2n) is 7.58. The number of anilines is 1. The molecule has 3 N–H and O–H groups in total. The van der Waals surface area contributed by atoms with E-state index >= 15 is 0 Å². The highest BCUT2D eigenvalue weighted by Crippen LogP contribution is 2.31. The Morgan fingerprint density at radius 2 is 2.10 bits per heavy atom. The molecule has 29 heavy (non-hydrogen) atoms. The van der Waals surface area contributed by atoms with Crippen LogP contribution >= 0.6 is 24.0 Å². The molecule has 158 valence electrons. The monoisotopic (exact) mass is 510 g/mol. The molecule has 0 spiro atoms. The first-order valence-electron chi connectivity index (χ1n) is 9.80. The number of rotatable bonds is 6. The average Bonchev–Trinajstić information content (AvgIpc) is 2.98. The molecular formula is C21H31IN6O. The lowest BCUT2D eigenvalue weighted by molar-refractivity contribution is -0.116. The molecule has 7 nitrogen and oxygen atoms in total. The molecule has 0 radical (unpaired) electrons. The number of para-hydroxylation sites is 1. The number of amides is 1. The highest BCUT2D eigenvalue weighted by atomic mass is 127. The first-order chi connectivity index (χ1) is 13.5. The molecule has 2 heterocycles. The Hall–Kier alpha value is -2.10. The van der Waals surface area contributed by atoms with Gasteiger partial charge in [0.05, 0.1) is 5.69 Å². The Balaban J connectivity index is 0.00000300. The van der Waals surface area contributed by atoms with E-state index < -0.39 is 0 Å². The second-order valence-corrected chi connectivity index (χ2v) is 7.58. The van der Waals surface area contributed by atoms with E-state index in [1.807, 2.05) is 25.1 Å². The summed E-state index contributed by atoms with van der Waals surface area (Å²) >= 11 is 0. The van der Waals surface area contributed by atoms with E-state index in [9.17, 15) is 4.79 Å². The molecule has 8 heteroatoms. The number of fused-ring (bicyclic) bond motifs is 1. The van der Waals surface area contributed by atoms with Crippen LogP contribution in [0.4, 0.5) is 5.69 Å². The van der Waals surface area contributed by atoms with Gasteiger partial charge < -0.3 is 16.0 Å². The van der Waals surface area contributed by atoms with Gasteiger partial charge in [0.2, 0.25) is 5.91 Å². The van der Waals surface area contributed by atoms with E-state index in [-0.39, 0.29) is 35.8 Å². The Morgan fingerprint density at radius 3 is 2.79 bits per heavy atom. The summed E-state index contributed by atoms with van der Waals surface area (Å²) in [5, 5.41) is 14.2. The molecule has 1 aromatic heterocycles. The molecule has 0 aliphatic carbocycles. The van der Waals surface area contributed by atoms with Gasteiger partial charge in [0.25, 0.3) is 0 Å². The fraction of sp³-hybridized carbons (Fsp3) is 0.476. The van der Waals surface area contributed by atoms with Crippen molar-refractivity contribution in [2.24, 2.45) is 10.9 Å². The van der Waals surface area contributed by atoms with Crippen molar-refractivity contribution in [2.75, 3.05) is 25.5 Å². The molecule has 0 saturated carbocycles. The predicted octanol–water partition coefficient (Wildman–Crippen LogP) is 3.05. The predicted molar refractivity (Wildman–Crippen MR) is 128 cm³/mol. The maximum Gasteiger partial charge on any atom is 0.225 e. The van der Waals surface area contributed by atoms with Crippen LogP contribution in [0.3, 0.4) is 0 Å². The lowest BCUT2D eigenvalue weighted by atomic mass is 9.90. The fourth-order valence-corrected chi connectivity index (χ4v) is 3.61. The van der Waals surface area contributed by atoms with Gasteiger partial charge in [-0.3, -0.25) is 14.5 Å². The van der Waals surface area contributed by atoms with Crippen molar-refractivity contribution in [3.05, 3.63) is 47.3 Å². The van der Waals surface area contributed by atoms with Gasteiger partial charge in [-0.15, -0.1) is 24.0 Å². The summed E-state index contributed by atoms with van der Waals surface area (Å²) in [4.78, 5) is 16.3. The number of guanidine groups is 1. The van der Waals surface area contributed by atoms with Gasteiger partial charge >= 0.3 is 0 Å². The minimum atomic E-state index is 0. The molecule has 2 unspecified atom stereocenters. The topological polar surface area (TPSA) is 83.3 Å². The van der Waals surface area contributed by atoms with Crippen molar-refractivity contribution in [3.63, 3.8) is 0 Å². The number of hydrogen-bond donors (Lipinski definition) is 3. The van der Waals surface area contributed by atoms with E-state index in [1.54, 1.807) is 7.05 Å². The molecular weight excluding hydrogens is 479 g/mol. The molecule has 1 aromatic carbocycles. The number of hydrogen-bond acceptors (Lipinski definition) is 3. The number of nitrogens with zero attached hydrogens (tertiary/aromatic N) is 3. The van der Waals surface area contributed by atoms with Crippen LogP contribution in [-0.4, -0.2) is 41.8 Å². The van der Waals surface area contributed by atoms with Crippen LogP contribution in [0.1, 0.15) is 36.2 Å². The van der Waals surface area contributed by atoms with Crippen LogP contribution in [0.15, 0.2) is 35.3 Å². The van der Waals surface area contributed by atoms with Crippen molar-refractivity contribution in [3.8, 4) is 0 Å². The van der Waals surface area contributed by atoms with Gasteiger partial charge in [0.15, 0.2) is 5.96 Å². The molecule has 1 amide bonds. The number of carbonyl (C=O) groups is 1. The molecule has 1 aliphatic heterocycles. The lowest BCUT2D eigenvalue weighted by Gasteiger charge is -2.26. The summed E-state index contributed by atoms with van der Waals surface area (Å²) in [5.41, 5.74) is 4.31. The van der Waals surface area contributed by atoms with Gasteiger partial charge in [-0.05, 0) is 37.5 Å². The quantitative estimate of drug-likeness (QED) is 0.317. The number of aryl methyl sites for hydroxylation is 2. The third kappa shape index (κ3) is 6.19. The van der Waals surface area contributed by atoms with Crippen LogP contribution in [0.2, 0.25) is 0 Å². The van der Waals surface area contributed by atoms with Crippen molar-refractivity contribution >= 4 is 41.5 Å². The number of nitrogens with one attached hydrogen (secondary N) is 3. The van der Waals surface area contributed by atoms with Gasteiger partial charge in [0, 0.05) is 50.4 Å². The van der Waals surface area contributed by atoms with Gasteiger partial charge in [0.1, 0.15) is 0 Å². The second kappa shape index (κ2) is 10.6. The Labute approximate surface area is 189 Å². The third-order valence-electron chi connectivity index (χ3n) is 5.05. The summed E-state index contributed by atoms with van der Waals surface area (Å²) in [6.45, 7) is 8.61. The molecule has 2 aromatic rings. The summed E-state index contributed by atoms with van der Waals surface area (Å²) in [6, 6.07) is 10.1. The summed E-state index contributed by atoms with van der Waals surface area (Å²) in [7, 11) is 1.77. The van der Waals surface area contributed by atoms with E-state index in [1.165, 1.54) is 11.3 Å². The SMILES string of the molecule is CN=C(NCC(C)Cn1nc(C)cc1C)NCC1CC(=O)Nc2ccccc21.I. The summed E-state index contributed by atoms with van der Waals surface area (Å²) in [5.74, 6) is 1.35. The lowest BCUT2D eigenvalue weighted by Crippen LogP contribution is -2.42. The average molecular weight is 510 g/mol. The van der Waals surface area contributed by atoms with Crippen LogP contribution in [0.25, 0.3) is 0 Å². The first kappa shape index (κ1) is 23.2. The van der Waals surface area contributed by atoms with E-state index in [4.69, 9.17) is 0 Å². The Kier molecular flexibility index (Phi) is 8.48. The molecule has 0 bridgehead atoms. The number of benzene rings is 1. The zero-order valence-corrected chi connectivity index (χ0v) is 19.9. The molecule has 0 fully saturated rings. The van der Waals surface area contributed by atoms with Crippen molar-refractivity contribution in [2.45, 2.75) is 39.7 Å². The van der Waals surface area contributed by atoms with Crippen LogP contribution in [0.5, 0.6) is 0 Å².